The molecule has 1 aliphatic heterocycles. The van der Waals surface area contributed by atoms with Crippen LogP contribution in [0.1, 0.15) is 82.6 Å². The molecule has 0 spiro atoms. The average Bonchev–Trinajstić information content (AvgIpc) is 2.77. The number of β-lactam (4-membered cyclic amide) rings is 1. The molecule has 2 aliphatic rings. The second-order valence-corrected chi connectivity index (χ2v) is 11.5. The van der Waals surface area contributed by atoms with Crippen LogP contribution in [0.4, 0.5) is 0 Å². The molecule has 0 radical (unpaired) electrons. The number of nitrogens with one attached hydrogen (secondary N) is 2. The Labute approximate surface area is 208 Å². The molecular weight excluding hydrogens is 444 g/mol. The first-order chi connectivity index (χ1) is 16.3. The summed E-state index contributed by atoms with van der Waals surface area (Å²) in [6.45, 7) is 10.8. The molecule has 8 nitrogen and oxygen atoms in total. The summed E-state index contributed by atoms with van der Waals surface area (Å²) < 4.78 is 0. The van der Waals surface area contributed by atoms with Gasteiger partial charge in [-0.25, -0.2) is 0 Å². The fourth-order valence-corrected chi connectivity index (χ4v) is 5.02. The van der Waals surface area contributed by atoms with Crippen molar-refractivity contribution < 1.29 is 24.9 Å². The zero-order valence-electron chi connectivity index (χ0n) is 21.8. The molecule has 1 aromatic rings. The maximum Gasteiger partial charge on any atom is 0.251 e. The third-order valence-corrected chi connectivity index (χ3v) is 7.45. The molecule has 3 rings (SSSR count). The number of carbonyl (C=O) groups excluding carboxylic acids is 4. The predicted octanol–water partition coefficient (Wildman–Crippen LogP) is 1.78. The number of quaternary nitrogens is 1. The van der Waals surface area contributed by atoms with Crippen molar-refractivity contribution in [1.29, 1.82) is 0 Å². The largest absolute Gasteiger partial charge is 0.357 e. The van der Waals surface area contributed by atoms with Crippen molar-refractivity contribution in [3.05, 3.63) is 35.4 Å². The van der Waals surface area contributed by atoms with E-state index < -0.39 is 11.5 Å². The number of nitrogens with zero attached hydrogens (tertiary/aromatic N) is 1. The van der Waals surface area contributed by atoms with E-state index in [4.69, 9.17) is 0 Å². The van der Waals surface area contributed by atoms with Gasteiger partial charge in [0.1, 0.15) is 5.92 Å². The third kappa shape index (κ3) is 6.10. The van der Waals surface area contributed by atoms with Crippen LogP contribution >= 0.6 is 0 Å². The Bertz CT molecular complexity index is 964. The maximum atomic E-state index is 13.4. The quantitative estimate of drug-likeness (QED) is 0.402. The Kier molecular flexibility index (Phi) is 8.04. The fraction of sp³-hybridized carbons (Fsp3) is 0.630. The normalized spacial score (nSPS) is 21.7. The van der Waals surface area contributed by atoms with Gasteiger partial charge in [-0.05, 0) is 49.8 Å². The van der Waals surface area contributed by atoms with E-state index in [1.54, 1.807) is 12.1 Å². The summed E-state index contributed by atoms with van der Waals surface area (Å²) in [5.41, 5.74) is 4.78. The molecule has 1 aliphatic carbocycles. The molecule has 4 amide bonds. The molecule has 35 heavy (non-hydrogen) atoms. The second-order valence-electron chi connectivity index (χ2n) is 11.5. The third-order valence-electron chi connectivity index (χ3n) is 7.45. The molecule has 1 saturated heterocycles. The van der Waals surface area contributed by atoms with Crippen LogP contribution in [0.2, 0.25) is 0 Å². The molecular formula is C27H41N4O4+. The van der Waals surface area contributed by atoms with Crippen LogP contribution in [0.25, 0.3) is 0 Å². The number of carbonyl (C=O) groups is 4. The number of hydrogen-bond donors (Lipinski definition) is 3. The van der Waals surface area contributed by atoms with E-state index in [1.165, 1.54) is 4.90 Å². The molecule has 8 heteroatoms. The minimum atomic E-state index is -0.854. The highest BCUT2D eigenvalue weighted by atomic mass is 16.2. The fourth-order valence-electron chi connectivity index (χ4n) is 5.02. The van der Waals surface area contributed by atoms with Crippen LogP contribution in [0.5, 0.6) is 0 Å². The SMILES string of the molecule is CC(C)(C)c1ccc(C(=O)NC(C)(C)[C@H](C[NH3+])C(=O)N[C@@H]2CCCC[C@@H]2C(=O)N2CCC2=O)cc1. The van der Waals surface area contributed by atoms with Gasteiger partial charge in [0, 0.05) is 24.6 Å². The van der Waals surface area contributed by atoms with Crippen LogP contribution in [-0.2, 0) is 19.8 Å². The molecule has 1 saturated carbocycles. The number of rotatable bonds is 7. The molecule has 1 heterocycles. The monoisotopic (exact) mass is 485 g/mol. The van der Waals surface area contributed by atoms with E-state index in [0.717, 1.165) is 18.4 Å². The summed E-state index contributed by atoms with van der Waals surface area (Å²) in [7, 11) is 0. The number of amides is 4. The molecule has 1 aromatic carbocycles. The molecule has 0 unspecified atom stereocenters. The van der Waals surface area contributed by atoms with E-state index in [9.17, 15) is 19.2 Å². The highest BCUT2D eigenvalue weighted by Gasteiger charge is 2.42. The lowest BCUT2D eigenvalue weighted by atomic mass is 9.81. The van der Waals surface area contributed by atoms with Gasteiger partial charge < -0.3 is 16.4 Å². The highest BCUT2D eigenvalue weighted by Crippen LogP contribution is 2.29. The summed E-state index contributed by atoms with van der Waals surface area (Å²) in [5, 5.41) is 6.09. The van der Waals surface area contributed by atoms with Crippen LogP contribution in [0.15, 0.2) is 24.3 Å². The Balaban J connectivity index is 1.67. The molecule has 0 bridgehead atoms. The van der Waals surface area contributed by atoms with Gasteiger partial charge >= 0.3 is 0 Å². The number of hydrogen-bond acceptors (Lipinski definition) is 4. The first-order valence-electron chi connectivity index (χ1n) is 12.7. The smallest absolute Gasteiger partial charge is 0.251 e. The number of imide groups is 1. The maximum absolute atomic E-state index is 13.4. The van der Waals surface area contributed by atoms with Crippen molar-refractivity contribution in [2.75, 3.05) is 13.1 Å². The van der Waals surface area contributed by atoms with Crippen molar-refractivity contribution >= 4 is 23.6 Å². The second kappa shape index (κ2) is 10.5. The van der Waals surface area contributed by atoms with Gasteiger partial charge in [-0.2, -0.15) is 0 Å². The predicted molar refractivity (Wildman–Crippen MR) is 133 cm³/mol. The van der Waals surface area contributed by atoms with Gasteiger partial charge in [-0.3, -0.25) is 24.1 Å². The highest BCUT2D eigenvalue weighted by molar-refractivity contribution is 6.00. The summed E-state index contributed by atoms with van der Waals surface area (Å²) in [5.74, 6) is -1.76. The van der Waals surface area contributed by atoms with Gasteiger partial charge in [0.15, 0.2) is 0 Å². The van der Waals surface area contributed by atoms with Crippen molar-refractivity contribution in [2.45, 2.75) is 83.7 Å². The summed E-state index contributed by atoms with van der Waals surface area (Å²) in [6, 6.07) is 7.21. The first-order valence-corrected chi connectivity index (χ1v) is 12.7. The van der Waals surface area contributed by atoms with Gasteiger partial charge in [0.05, 0.1) is 18.0 Å². The van der Waals surface area contributed by atoms with Crippen LogP contribution < -0.4 is 16.4 Å². The van der Waals surface area contributed by atoms with Crippen LogP contribution in [0, 0.1) is 11.8 Å². The van der Waals surface area contributed by atoms with Gasteiger partial charge in [0.25, 0.3) is 5.91 Å². The van der Waals surface area contributed by atoms with E-state index in [1.807, 2.05) is 26.0 Å². The standard InChI is InChI=1S/C27H40N4O4/c1-26(2,3)18-12-10-17(11-13-18)23(33)30-27(4,5)20(16-28)24(34)29-21-9-7-6-8-19(21)25(35)31-15-14-22(31)32/h10-13,19-21H,6-9,14-16,28H2,1-5H3,(H,29,34)(H,30,33)/p+1/t19-,20+,21+/m0/s1. The lowest BCUT2D eigenvalue weighted by molar-refractivity contribution is -0.378. The Morgan fingerprint density at radius 3 is 2.20 bits per heavy atom. The molecule has 2 fully saturated rings. The summed E-state index contributed by atoms with van der Waals surface area (Å²) in [4.78, 5) is 52.3. The van der Waals surface area contributed by atoms with E-state index >= 15 is 0 Å². The zero-order chi connectivity index (χ0) is 26.0. The zero-order valence-corrected chi connectivity index (χ0v) is 21.8. The molecule has 0 aromatic heterocycles. The van der Waals surface area contributed by atoms with Crippen molar-refractivity contribution in [1.82, 2.24) is 15.5 Å². The van der Waals surface area contributed by atoms with E-state index in [2.05, 4.69) is 37.1 Å². The summed E-state index contributed by atoms with van der Waals surface area (Å²) in [6.07, 6.45) is 3.58. The molecule has 5 N–H and O–H groups in total. The Hall–Kier alpha value is -2.74. The van der Waals surface area contributed by atoms with Crippen molar-refractivity contribution in [2.24, 2.45) is 11.8 Å². The van der Waals surface area contributed by atoms with Crippen LogP contribution in [-0.4, -0.2) is 53.2 Å². The minimum Gasteiger partial charge on any atom is -0.357 e. The lowest BCUT2D eigenvalue weighted by Crippen LogP contribution is -2.66. The molecule has 192 valence electrons. The lowest BCUT2D eigenvalue weighted by Gasteiger charge is -2.39. The first kappa shape index (κ1) is 26.9. The van der Waals surface area contributed by atoms with Crippen molar-refractivity contribution in [3.63, 3.8) is 0 Å². The van der Waals surface area contributed by atoms with E-state index in [-0.39, 0.29) is 47.5 Å². The molecule has 3 atom stereocenters. The van der Waals surface area contributed by atoms with Crippen molar-refractivity contribution in [3.8, 4) is 0 Å². The number of likely N-dealkylation sites (tertiary alicyclic amines) is 1. The average molecular weight is 486 g/mol. The Morgan fingerprint density at radius 1 is 1.06 bits per heavy atom. The van der Waals surface area contributed by atoms with E-state index in [0.29, 0.717) is 31.4 Å². The van der Waals surface area contributed by atoms with Gasteiger partial charge in [-0.1, -0.05) is 45.7 Å². The number of benzene rings is 1. The summed E-state index contributed by atoms with van der Waals surface area (Å²) >= 11 is 0. The van der Waals surface area contributed by atoms with Gasteiger partial charge in [-0.15, -0.1) is 0 Å². The topological polar surface area (TPSA) is 123 Å². The minimum absolute atomic E-state index is 0.00730. The van der Waals surface area contributed by atoms with Crippen LogP contribution in [0.3, 0.4) is 0 Å². The Morgan fingerprint density at radius 2 is 1.69 bits per heavy atom. The van der Waals surface area contributed by atoms with Gasteiger partial charge in [0.2, 0.25) is 17.7 Å².